The van der Waals surface area contributed by atoms with Gasteiger partial charge in [-0.1, -0.05) is 0 Å². The summed E-state index contributed by atoms with van der Waals surface area (Å²) in [4.78, 5) is 0. The summed E-state index contributed by atoms with van der Waals surface area (Å²) in [7, 11) is 0. The number of rotatable bonds is 8. The summed E-state index contributed by atoms with van der Waals surface area (Å²) in [6.45, 7) is 30.4. The Hall–Kier alpha value is 0.423. The zero-order chi connectivity index (χ0) is 27.7. The zero-order valence-electron chi connectivity index (χ0n) is 27.4. The minimum Gasteiger partial charge on any atom is -1.00 e. The zero-order valence-corrected chi connectivity index (χ0v) is 31.3. The second kappa shape index (κ2) is 11.8. The molecule has 0 nitrogen and oxygen atoms in total. The van der Waals surface area contributed by atoms with E-state index in [1.54, 1.807) is 11.1 Å². The van der Waals surface area contributed by atoms with Gasteiger partial charge in [0.25, 0.3) is 0 Å². The Labute approximate surface area is 267 Å². The number of allylic oxidation sites excluding steroid dienone is 8. The van der Waals surface area contributed by atoms with Gasteiger partial charge in [0, 0.05) is 0 Å². The normalized spacial score (nSPS) is 34.8. The van der Waals surface area contributed by atoms with Crippen LogP contribution in [0.3, 0.4) is 0 Å². The molecular weight excluding hydrogens is 595 g/mol. The second-order valence-electron chi connectivity index (χ2n) is 16.5. The van der Waals surface area contributed by atoms with Gasteiger partial charge in [-0.05, 0) is 0 Å². The molecule has 0 aromatic heterocycles. The van der Waals surface area contributed by atoms with Crippen LogP contribution in [0.5, 0.6) is 0 Å². The number of halogens is 2. The quantitative estimate of drug-likeness (QED) is 0.336. The monoisotopic (exact) mass is 650 g/mol. The predicted octanol–water partition coefficient (Wildman–Crippen LogP) is 5.26. The van der Waals surface area contributed by atoms with Crippen LogP contribution >= 0.6 is 0 Å². The minimum absolute atomic E-state index is 0. The van der Waals surface area contributed by atoms with Crippen molar-refractivity contribution in [2.45, 2.75) is 134 Å². The Morgan fingerprint density at radius 2 is 0.949 bits per heavy atom. The Morgan fingerprint density at radius 1 is 0.615 bits per heavy atom. The van der Waals surface area contributed by atoms with Crippen LogP contribution in [0.4, 0.5) is 0 Å². The van der Waals surface area contributed by atoms with Gasteiger partial charge in [-0.3, -0.25) is 0 Å². The first kappa shape index (κ1) is 35.6. The SMILES string of the molecule is CC(C)C(C)(C)C1(C)CCC(C)(C2=[C]([Zr+2][C]3=C(C4(C)CCC(C)(C(C)(C)C(C)C)C4)C=CC3)CC=C2)C1.[Cl-].[Cl-]. The molecule has 0 aliphatic heterocycles. The molecule has 39 heavy (non-hydrogen) atoms. The van der Waals surface area contributed by atoms with Crippen LogP contribution in [-0.4, -0.2) is 0 Å². The fourth-order valence-electron chi connectivity index (χ4n) is 8.69. The molecule has 4 rings (SSSR count). The molecule has 4 aliphatic carbocycles. The van der Waals surface area contributed by atoms with E-state index in [1.807, 2.05) is 6.56 Å². The average molecular weight is 653 g/mol. The first-order valence-corrected chi connectivity index (χ1v) is 17.9. The molecule has 3 heteroatoms. The minimum atomic E-state index is -0.770. The van der Waals surface area contributed by atoms with E-state index in [4.69, 9.17) is 0 Å². The van der Waals surface area contributed by atoms with Crippen molar-refractivity contribution in [2.75, 3.05) is 0 Å². The van der Waals surface area contributed by atoms with Crippen molar-refractivity contribution in [3.05, 3.63) is 42.0 Å². The van der Waals surface area contributed by atoms with E-state index in [9.17, 15) is 0 Å². The van der Waals surface area contributed by atoms with Crippen LogP contribution in [-0.2, 0) is 23.2 Å². The molecule has 0 N–H and O–H groups in total. The number of hydrogen-bond acceptors (Lipinski definition) is 0. The third-order valence-electron chi connectivity index (χ3n) is 13.5. The van der Waals surface area contributed by atoms with Crippen molar-refractivity contribution < 1.29 is 48.0 Å². The third kappa shape index (κ3) is 5.97. The average Bonchev–Trinajstić information content (AvgIpc) is 3.57. The van der Waals surface area contributed by atoms with Crippen LogP contribution < -0.4 is 24.8 Å². The molecule has 2 fully saturated rings. The van der Waals surface area contributed by atoms with Crippen LogP contribution in [0.15, 0.2) is 42.0 Å². The first-order chi connectivity index (χ1) is 16.9. The molecule has 220 valence electrons. The summed E-state index contributed by atoms with van der Waals surface area (Å²) in [5.41, 5.74) is 5.92. The van der Waals surface area contributed by atoms with Gasteiger partial charge in [0.2, 0.25) is 0 Å². The summed E-state index contributed by atoms with van der Waals surface area (Å²) in [6, 6.07) is 0. The number of hydrogen-bond donors (Lipinski definition) is 0. The van der Waals surface area contributed by atoms with E-state index in [-0.39, 0.29) is 24.8 Å². The molecule has 0 saturated heterocycles. The van der Waals surface area contributed by atoms with Crippen molar-refractivity contribution in [1.29, 1.82) is 0 Å². The maximum atomic E-state index is 2.62. The van der Waals surface area contributed by atoms with E-state index >= 15 is 0 Å². The van der Waals surface area contributed by atoms with Crippen LogP contribution in [0, 0.1) is 44.3 Å². The van der Waals surface area contributed by atoms with E-state index in [1.165, 1.54) is 51.4 Å². The molecule has 0 radical (unpaired) electrons. The van der Waals surface area contributed by atoms with Gasteiger partial charge in [0.05, 0.1) is 0 Å². The molecule has 0 aromatic rings. The van der Waals surface area contributed by atoms with Gasteiger partial charge in [-0.2, -0.15) is 0 Å². The third-order valence-corrected chi connectivity index (χ3v) is 17.3. The summed E-state index contributed by atoms with van der Waals surface area (Å²) in [5, 5.41) is 0. The predicted molar refractivity (Wildman–Crippen MR) is 159 cm³/mol. The molecule has 2 saturated carbocycles. The van der Waals surface area contributed by atoms with Crippen LogP contribution in [0.2, 0.25) is 0 Å². The van der Waals surface area contributed by atoms with Crippen molar-refractivity contribution >= 4 is 0 Å². The van der Waals surface area contributed by atoms with Gasteiger partial charge < -0.3 is 24.8 Å². The van der Waals surface area contributed by atoms with Gasteiger partial charge in [0.15, 0.2) is 0 Å². The standard InChI is InChI=1S/2C18H29.2ClH.Zr/c2*1-14(2)16(3,4)18(6)12-11-17(5,13-18)15-9-7-8-10-15;;;/h2*7,9,14H,8,11-13H2,1-6H3;2*1H;/q;;;;+2/p-2. The maximum Gasteiger partial charge on any atom is -1.00 e. The van der Waals surface area contributed by atoms with Gasteiger partial charge in [-0.25, -0.2) is 0 Å². The topological polar surface area (TPSA) is 0 Å². The fourth-order valence-corrected chi connectivity index (χ4v) is 13.2. The van der Waals surface area contributed by atoms with Gasteiger partial charge in [-0.15, -0.1) is 0 Å². The molecule has 0 bridgehead atoms. The molecule has 4 atom stereocenters. The first-order valence-electron chi connectivity index (χ1n) is 15.5. The summed E-state index contributed by atoms with van der Waals surface area (Å²) >= 11 is -0.770. The van der Waals surface area contributed by atoms with Crippen molar-refractivity contribution in [2.24, 2.45) is 44.3 Å². The van der Waals surface area contributed by atoms with Gasteiger partial charge in [0.1, 0.15) is 0 Å². The van der Waals surface area contributed by atoms with Crippen molar-refractivity contribution in [3.8, 4) is 0 Å². The molecule has 4 aliphatic rings. The van der Waals surface area contributed by atoms with Crippen molar-refractivity contribution in [3.63, 3.8) is 0 Å². The Bertz CT molecular complexity index is 958. The Morgan fingerprint density at radius 3 is 1.26 bits per heavy atom. The van der Waals surface area contributed by atoms with Crippen LogP contribution in [0.25, 0.3) is 0 Å². The van der Waals surface area contributed by atoms with E-state index in [0.29, 0.717) is 32.5 Å². The summed E-state index contributed by atoms with van der Waals surface area (Å²) in [6.07, 6.45) is 20.9. The fraction of sp³-hybridized carbons (Fsp3) is 0.778. The van der Waals surface area contributed by atoms with Crippen molar-refractivity contribution in [1.82, 2.24) is 0 Å². The molecule has 0 heterocycles. The van der Waals surface area contributed by atoms with E-state index in [2.05, 4.69) is 107 Å². The van der Waals surface area contributed by atoms with Crippen LogP contribution in [0.1, 0.15) is 134 Å². The Balaban J connectivity index is 0.00000267. The molecule has 4 unspecified atom stereocenters. The second-order valence-corrected chi connectivity index (χ2v) is 20.1. The Kier molecular flexibility index (Phi) is 10.8. The largest absolute Gasteiger partial charge is 1.00 e. The smallest absolute Gasteiger partial charge is 1.00 e. The molecular formula is C36H58Cl2Zr. The molecule has 0 spiro atoms. The van der Waals surface area contributed by atoms with E-state index < -0.39 is 23.2 Å². The molecule has 0 aromatic carbocycles. The van der Waals surface area contributed by atoms with Gasteiger partial charge >= 0.3 is 244 Å². The van der Waals surface area contributed by atoms with E-state index in [0.717, 1.165) is 11.8 Å². The maximum absolute atomic E-state index is 2.62. The molecule has 0 amide bonds. The summed E-state index contributed by atoms with van der Waals surface area (Å²) < 4.78 is 3.81. The summed E-state index contributed by atoms with van der Waals surface area (Å²) in [5.74, 6) is 1.44.